The predicted octanol–water partition coefficient (Wildman–Crippen LogP) is 2.56. The molecule has 0 unspecified atom stereocenters. The van der Waals surface area contributed by atoms with Gasteiger partial charge < -0.3 is 15.3 Å². The van der Waals surface area contributed by atoms with E-state index < -0.39 is 0 Å². The van der Waals surface area contributed by atoms with Crippen molar-refractivity contribution in [3.05, 3.63) is 23.8 Å². The van der Waals surface area contributed by atoms with Gasteiger partial charge >= 0.3 is 0 Å². The monoisotopic (exact) mass is 236 g/mol. The van der Waals surface area contributed by atoms with Crippen LogP contribution in [0.2, 0.25) is 0 Å². The Labute approximate surface area is 102 Å². The van der Waals surface area contributed by atoms with E-state index in [1.165, 1.54) is 0 Å². The van der Waals surface area contributed by atoms with Crippen LogP contribution in [0.1, 0.15) is 32.3 Å². The van der Waals surface area contributed by atoms with Crippen LogP contribution in [0.4, 0.5) is 0 Å². The van der Waals surface area contributed by atoms with Gasteiger partial charge in [0, 0.05) is 0 Å². The lowest BCUT2D eigenvalue weighted by atomic mass is 10.2. The highest BCUT2D eigenvalue weighted by Crippen LogP contribution is 2.28. The van der Waals surface area contributed by atoms with Gasteiger partial charge in [0.15, 0.2) is 11.5 Å². The first-order valence-corrected chi connectivity index (χ1v) is 5.94. The van der Waals surface area contributed by atoms with Crippen molar-refractivity contribution < 1.29 is 9.47 Å². The molecule has 0 aliphatic heterocycles. The average molecular weight is 236 g/mol. The number of ether oxygens (including phenoxy) is 2. The largest absolute Gasteiger partial charge is 0.490 e. The highest BCUT2D eigenvalue weighted by Gasteiger charge is 2.05. The van der Waals surface area contributed by atoms with Crippen molar-refractivity contribution in [1.29, 1.82) is 0 Å². The van der Waals surface area contributed by atoms with Crippen molar-refractivity contribution in [2.45, 2.75) is 26.7 Å². The Kier molecular flexibility index (Phi) is 5.93. The molecule has 0 atom stereocenters. The van der Waals surface area contributed by atoms with Gasteiger partial charge in [-0.05, 0) is 37.1 Å². The van der Waals surface area contributed by atoms with Crippen LogP contribution in [0.15, 0.2) is 23.3 Å². The molecule has 0 saturated heterocycles. The van der Waals surface area contributed by atoms with Gasteiger partial charge in [0.05, 0.1) is 19.4 Å². The molecule has 94 valence electrons. The van der Waals surface area contributed by atoms with Gasteiger partial charge in [-0.1, -0.05) is 13.3 Å². The van der Waals surface area contributed by atoms with Gasteiger partial charge in [-0.25, -0.2) is 0 Å². The Balaban J connectivity index is 2.79. The number of hydrogen-bond donors (Lipinski definition) is 1. The quantitative estimate of drug-likeness (QED) is 0.342. The minimum Gasteiger partial charge on any atom is -0.490 e. The minimum atomic E-state index is 0.605. The first-order chi connectivity index (χ1) is 8.31. The summed E-state index contributed by atoms with van der Waals surface area (Å²) in [6, 6.07) is 5.67. The van der Waals surface area contributed by atoms with Crippen molar-refractivity contribution in [2.24, 2.45) is 10.9 Å². The number of nitrogens with two attached hydrogens (primary N) is 1. The van der Waals surface area contributed by atoms with E-state index in [1.54, 1.807) is 6.21 Å². The molecule has 4 nitrogen and oxygen atoms in total. The molecule has 1 rings (SSSR count). The molecule has 2 N–H and O–H groups in total. The second kappa shape index (κ2) is 7.54. The maximum absolute atomic E-state index is 5.66. The van der Waals surface area contributed by atoms with Crippen molar-refractivity contribution in [3.63, 3.8) is 0 Å². The molecule has 0 bridgehead atoms. The summed E-state index contributed by atoms with van der Waals surface area (Å²) in [5.41, 5.74) is 0.902. The number of hydrazone groups is 1. The summed E-state index contributed by atoms with van der Waals surface area (Å²) in [6.07, 6.45) is 3.73. The standard InChI is InChI=1S/C13H20N2O2/c1-3-5-8-17-12-7-6-11(10-15-14)9-13(12)16-4-2/h6-7,9-10H,3-5,8,14H2,1-2H3. The van der Waals surface area contributed by atoms with Crippen LogP contribution in [0.3, 0.4) is 0 Å². The Bertz CT molecular complexity index is 364. The number of nitrogens with zero attached hydrogens (tertiary/aromatic N) is 1. The first-order valence-electron chi connectivity index (χ1n) is 5.94. The van der Waals surface area contributed by atoms with E-state index in [9.17, 15) is 0 Å². The van der Waals surface area contributed by atoms with E-state index in [-0.39, 0.29) is 0 Å². The molecule has 1 aromatic rings. The molecule has 17 heavy (non-hydrogen) atoms. The molecule has 0 heterocycles. The van der Waals surface area contributed by atoms with Crippen LogP contribution in [-0.4, -0.2) is 19.4 Å². The van der Waals surface area contributed by atoms with Crippen LogP contribution in [0, 0.1) is 0 Å². The summed E-state index contributed by atoms with van der Waals surface area (Å²) >= 11 is 0. The van der Waals surface area contributed by atoms with Crippen LogP contribution in [0.5, 0.6) is 11.5 Å². The summed E-state index contributed by atoms with van der Waals surface area (Å²) in [5.74, 6) is 6.63. The van der Waals surface area contributed by atoms with Crippen molar-refractivity contribution in [2.75, 3.05) is 13.2 Å². The summed E-state index contributed by atoms with van der Waals surface area (Å²) < 4.78 is 11.2. The predicted molar refractivity (Wildman–Crippen MR) is 69.8 cm³/mol. The summed E-state index contributed by atoms with van der Waals surface area (Å²) in [5, 5.41) is 3.49. The van der Waals surface area contributed by atoms with Crippen LogP contribution in [0.25, 0.3) is 0 Å². The lowest BCUT2D eigenvalue weighted by Gasteiger charge is -2.12. The third-order valence-corrected chi connectivity index (χ3v) is 2.25. The highest BCUT2D eigenvalue weighted by atomic mass is 16.5. The zero-order valence-electron chi connectivity index (χ0n) is 10.5. The number of rotatable bonds is 7. The molecular weight excluding hydrogens is 216 g/mol. The molecule has 0 saturated carbocycles. The van der Waals surface area contributed by atoms with Crippen LogP contribution >= 0.6 is 0 Å². The van der Waals surface area contributed by atoms with Crippen molar-refractivity contribution in [1.82, 2.24) is 0 Å². The van der Waals surface area contributed by atoms with Gasteiger partial charge in [0.2, 0.25) is 0 Å². The van der Waals surface area contributed by atoms with E-state index in [0.717, 1.165) is 29.9 Å². The van der Waals surface area contributed by atoms with E-state index in [0.29, 0.717) is 13.2 Å². The molecule has 0 fully saturated rings. The normalized spacial score (nSPS) is 10.7. The zero-order chi connectivity index (χ0) is 12.5. The second-order valence-corrected chi connectivity index (χ2v) is 3.62. The van der Waals surface area contributed by atoms with Gasteiger partial charge in [0.25, 0.3) is 0 Å². The van der Waals surface area contributed by atoms with Gasteiger partial charge in [-0.3, -0.25) is 0 Å². The summed E-state index contributed by atoms with van der Waals surface area (Å²) in [7, 11) is 0. The molecule has 4 heteroatoms. The zero-order valence-corrected chi connectivity index (χ0v) is 10.5. The molecule has 0 spiro atoms. The number of benzene rings is 1. The van der Waals surface area contributed by atoms with Gasteiger partial charge in [-0.2, -0.15) is 5.10 Å². The SMILES string of the molecule is CCCCOc1ccc(C=NN)cc1OCC. The lowest BCUT2D eigenvalue weighted by molar-refractivity contribution is 0.272. The molecule has 1 aromatic carbocycles. The van der Waals surface area contributed by atoms with Crippen molar-refractivity contribution >= 4 is 6.21 Å². The molecule has 0 aliphatic rings. The highest BCUT2D eigenvalue weighted by molar-refractivity contribution is 5.80. The Hall–Kier alpha value is -1.71. The Morgan fingerprint density at radius 3 is 2.71 bits per heavy atom. The third kappa shape index (κ3) is 4.34. The Morgan fingerprint density at radius 2 is 2.06 bits per heavy atom. The van der Waals surface area contributed by atoms with E-state index >= 15 is 0 Å². The fraction of sp³-hybridized carbons (Fsp3) is 0.462. The fourth-order valence-corrected chi connectivity index (χ4v) is 1.41. The number of unbranched alkanes of at least 4 members (excludes halogenated alkanes) is 1. The molecule has 0 radical (unpaired) electrons. The first kappa shape index (κ1) is 13.4. The minimum absolute atomic E-state index is 0.605. The van der Waals surface area contributed by atoms with Crippen LogP contribution in [-0.2, 0) is 0 Å². The summed E-state index contributed by atoms with van der Waals surface area (Å²) in [4.78, 5) is 0. The molecular formula is C13H20N2O2. The van der Waals surface area contributed by atoms with Gasteiger partial charge in [-0.15, -0.1) is 0 Å². The average Bonchev–Trinajstić information content (AvgIpc) is 2.33. The Morgan fingerprint density at radius 1 is 1.24 bits per heavy atom. The third-order valence-electron chi connectivity index (χ3n) is 2.25. The molecule has 0 aliphatic carbocycles. The van der Waals surface area contributed by atoms with E-state index in [4.69, 9.17) is 15.3 Å². The fourth-order valence-electron chi connectivity index (χ4n) is 1.41. The lowest BCUT2D eigenvalue weighted by Crippen LogP contribution is -2.01. The second-order valence-electron chi connectivity index (χ2n) is 3.62. The maximum atomic E-state index is 5.66. The maximum Gasteiger partial charge on any atom is 0.161 e. The summed E-state index contributed by atoms with van der Waals surface area (Å²) in [6.45, 7) is 5.39. The van der Waals surface area contributed by atoms with E-state index in [2.05, 4.69) is 12.0 Å². The molecule has 0 aromatic heterocycles. The number of hydrogen-bond acceptors (Lipinski definition) is 4. The smallest absolute Gasteiger partial charge is 0.161 e. The topological polar surface area (TPSA) is 56.8 Å². The van der Waals surface area contributed by atoms with Gasteiger partial charge in [0.1, 0.15) is 0 Å². The van der Waals surface area contributed by atoms with E-state index in [1.807, 2.05) is 25.1 Å². The van der Waals surface area contributed by atoms with Crippen molar-refractivity contribution in [3.8, 4) is 11.5 Å². The molecule has 0 amide bonds. The van der Waals surface area contributed by atoms with Crippen LogP contribution < -0.4 is 15.3 Å².